The average Bonchev–Trinajstić information content (AvgIpc) is 2.62. The Bertz CT molecular complexity index is 802. The minimum absolute atomic E-state index is 0.276. The summed E-state index contributed by atoms with van der Waals surface area (Å²) in [6.07, 6.45) is 3.07. The van der Waals surface area contributed by atoms with Crippen molar-refractivity contribution < 1.29 is 19.0 Å². The van der Waals surface area contributed by atoms with E-state index in [1.54, 1.807) is 43.5 Å². The van der Waals surface area contributed by atoms with E-state index in [4.69, 9.17) is 25.8 Å². The van der Waals surface area contributed by atoms with Crippen LogP contribution in [0.3, 0.4) is 0 Å². The molecule has 0 aliphatic heterocycles. The van der Waals surface area contributed by atoms with E-state index >= 15 is 0 Å². The van der Waals surface area contributed by atoms with E-state index in [0.717, 1.165) is 5.56 Å². The maximum absolute atomic E-state index is 12.2. The Balaban J connectivity index is 2.24. The zero-order valence-corrected chi connectivity index (χ0v) is 15.3. The van der Waals surface area contributed by atoms with E-state index in [1.165, 1.54) is 20.3 Å². The van der Waals surface area contributed by atoms with Crippen molar-refractivity contribution in [2.24, 2.45) is 0 Å². The summed E-state index contributed by atoms with van der Waals surface area (Å²) in [6, 6.07) is 8.89. The molecule has 0 spiro atoms. The number of ether oxygens (including phenoxy) is 3. The summed E-state index contributed by atoms with van der Waals surface area (Å²) in [5, 5.41) is 3.40. The van der Waals surface area contributed by atoms with Crippen molar-refractivity contribution in [2.75, 3.05) is 26.6 Å². The molecule has 0 saturated heterocycles. The molecule has 6 heteroatoms. The summed E-state index contributed by atoms with van der Waals surface area (Å²) >= 11 is 6.06. The van der Waals surface area contributed by atoms with Crippen LogP contribution in [0.2, 0.25) is 5.02 Å². The zero-order valence-electron chi connectivity index (χ0n) is 14.6. The Morgan fingerprint density at radius 1 is 1.04 bits per heavy atom. The molecular formula is C19H20ClNO4. The van der Waals surface area contributed by atoms with Gasteiger partial charge < -0.3 is 19.5 Å². The lowest BCUT2D eigenvalue weighted by molar-refractivity contribution is -0.111. The van der Waals surface area contributed by atoms with E-state index < -0.39 is 0 Å². The summed E-state index contributed by atoms with van der Waals surface area (Å²) in [4.78, 5) is 12.2. The van der Waals surface area contributed by atoms with Crippen LogP contribution in [0, 0.1) is 6.92 Å². The first-order valence-corrected chi connectivity index (χ1v) is 7.92. The van der Waals surface area contributed by atoms with Crippen LogP contribution < -0.4 is 19.5 Å². The highest BCUT2D eigenvalue weighted by Crippen LogP contribution is 2.40. The summed E-state index contributed by atoms with van der Waals surface area (Å²) in [7, 11) is 4.61. The molecule has 2 aromatic rings. The van der Waals surface area contributed by atoms with Gasteiger partial charge >= 0.3 is 0 Å². The minimum Gasteiger partial charge on any atom is -0.493 e. The van der Waals surface area contributed by atoms with Crippen LogP contribution in [-0.2, 0) is 4.79 Å². The number of rotatable bonds is 6. The van der Waals surface area contributed by atoms with Crippen molar-refractivity contribution in [3.8, 4) is 17.2 Å². The normalized spacial score (nSPS) is 10.6. The van der Waals surface area contributed by atoms with Gasteiger partial charge in [-0.05, 0) is 42.8 Å². The van der Waals surface area contributed by atoms with Gasteiger partial charge in [0.2, 0.25) is 11.7 Å². The molecule has 1 N–H and O–H groups in total. The molecular weight excluding hydrogens is 342 g/mol. The summed E-state index contributed by atoms with van der Waals surface area (Å²) < 4.78 is 16.0. The van der Waals surface area contributed by atoms with Crippen LogP contribution in [0.1, 0.15) is 11.1 Å². The molecule has 132 valence electrons. The fraction of sp³-hybridized carbons (Fsp3) is 0.211. The number of halogens is 1. The lowest BCUT2D eigenvalue weighted by Crippen LogP contribution is -2.09. The minimum atomic E-state index is -0.276. The first-order valence-electron chi connectivity index (χ1n) is 7.55. The second-order valence-corrected chi connectivity index (χ2v) is 5.57. The summed E-state index contributed by atoms with van der Waals surface area (Å²) in [5.74, 6) is 1.24. The third kappa shape index (κ3) is 4.25. The standard InChI is InChI=1S/C19H20ClNO4/c1-12-14(20)6-5-7-15(12)21-17(22)11-9-13-8-10-16(23-2)19(25-4)18(13)24-3/h5-11H,1-4H3,(H,21,22)/b11-9+. The van der Waals surface area contributed by atoms with Crippen molar-refractivity contribution in [1.82, 2.24) is 0 Å². The molecule has 2 rings (SSSR count). The van der Waals surface area contributed by atoms with E-state index in [-0.39, 0.29) is 5.91 Å². The third-order valence-electron chi connectivity index (χ3n) is 3.67. The van der Waals surface area contributed by atoms with Gasteiger partial charge in [-0.2, -0.15) is 0 Å². The van der Waals surface area contributed by atoms with Crippen molar-refractivity contribution in [3.05, 3.63) is 52.6 Å². The predicted octanol–water partition coefficient (Wildman–Crippen LogP) is 4.33. The lowest BCUT2D eigenvalue weighted by atomic mass is 10.1. The molecule has 0 atom stereocenters. The Morgan fingerprint density at radius 3 is 2.40 bits per heavy atom. The molecule has 0 aliphatic carbocycles. The molecule has 0 aromatic heterocycles. The zero-order chi connectivity index (χ0) is 18.4. The molecule has 0 fully saturated rings. The van der Waals surface area contributed by atoms with E-state index in [2.05, 4.69) is 5.32 Å². The number of hydrogen-bond acceptors (Lipinski definition) is 4. The quantitative estimate of drug-likeness (QED) is 0.778. The predicted molar refractivity (Wildman–Crippen MR) is 100.0 cm³/mol. The smallest absolute Gasteiger partial charge is 0.248 e. The molecule has 2 aromatic carbocycles. The maximum atomic E-state index is 12.2. The monoisotopic (exact) mass is 361 g/mol. The fourth-order valence-corrected chi connectivity index (χ4v) is 2.51. The van der Waals surface area contributed by atoms with E-state index in [1.807, 2.05) is 6.92 Å². The topological polar surface area (TPSA) is 56.8 Å². The number of methoxy groups -OCH3 is 3. The van der Waals surface area contributed by atoms with Crippen molar-refractivity contribution in [3.63, 3.8) is 0 Å². The Hall–Kier alpha value is -2.66. The van der Waals surface area contributed by atoms with Crippen molar-refractivity contribution in [1.29, 1.82) is 0 Å². The van der Waals surface area contributed by atoms with Crippen LogP contribution in [0.4, 0.5) is 5.69 Å². The Kier molecular flexibility index (Phi) is 6.31. The molecule has 25 heavy (non-hydrogen) atoms. The van der Waals surface area contributed by atoms with Crippen molar-refractivity contribution >= 4 is 29.3 Å². The lowest BCUT2D eigenvalue weighted by Gasteiger charge is -2.14. The van der Waals surface area contributed by atoms with Crippen LogP contribution in [-0.4, -0.2) is 27.2 Å². The molecule has 0 unspecified atom stereocenters. The molecule has 0 heterocycles. The first kappa shape index (κ1) is 18.7. The molecule has 0 bridgehead atoms. The highest BCUT2D eigenvalue weighted by molar-refractivity contribution is 6.31. The molecule has 5 nitrogen and oxygen atoms in total. The largest absolute Gasteiger partial charge is 0.493 e. The van der Waals surface area contributed by atoms with Gasteiger partial charge in [-0.25, -0.2) is 0 Å². The second kappa shape index (κ2) is 8.44. The Morgan fingerprint density at radius 2 is 1.76 bits per heavy atom. The van der Waals surface area contributed by atoms with Gasteiger partial charge in [-0.1, -0.05) is 17.7 Å². The van der Waals surface area contributed by atoms with Gasteiger partial charge in [0.05, 0.1) is 21.3 Å². The fourth-order valence-electron chi connectivity index (χ4n) is 2.34. The number of nitrogens with one attached hydrogen (secondary N) is 1. The van der Waals surface area contributed by atoms with Gasteiger partial charge in [-0.15, -0.1) is 0 Å². The number of anilines is 1. The van der Waals surface area contributed by atoms with Crippen LogP contribution in [0.25, 0.3) is 6.08 Å². The van der Waals surface area contributed by atoms with Gasteiger partial charge in [0.25, 0.3) is 0 Å². The van der Waals surface area contributed by atoms with Crippen LogP contribution in [0.15, 0.2) is 36.4 Å². The Labute approximate surface area is 152 Å². The molecule has 0 radical (unpaired) electrons. The maximum Gasteiger partial charge on any atom is 0.248 e. The van der Waals surface area contributed by atoms with Gasteiger partial charge in [0.15, 0.2) is 11.5 Å². The average molecular weight is 362 g/mol. The van der Waals surface area contributed by atoms with E-state index in [9.17, 15) is 4.79 Å². The summed E-state index contributed by atoms with van der Waals surface area (Å²) in [5.41, 5.74) is 2.18. The van der Waals surface area contributed by atoms with Gasteiger partial charge in [0, 0.05) is 22.3 Å². The molecule has 0 saturated carbocycles. The highest BCUT2D eigenvalue weighted by Gasteiger charge is 2.14. The van der Waals surface area contributed by atoms with Crippen LogP contribution in [0.5, 0.6) is 17.2 Å². The second-order valence-electron chi connectivity index (χ2n) is 5.16. The number of amides is 1. The van der Waals surface area contributed by atoms with Crippen molar-refractivity contribution in [2.45, 2.75) is 6.92 Å². The number of carbonyl (C=O) groups is 1. The van der Waals surface area contributed by atoms with Gasteiger partial charge in [0.1, 0.15) is 0 Å². The number of carbonyl (C=O) groups excluding carboxylic acids is 1. The third-order valence-corrected chi connectivity index (χ3v) is 4.08. The van der Waals surface area contributed by atoms with Gasteiger partial charge in [-0.3, -0.25) is 4.79 Å². The van der Waals surface area contributed by atoms with Crippen LogP contribution >= 0.6 is 11.6 Å². The number of hydrogen-bond donors (Lipinski definition) is 1. The first-order chi connectivity index (χ1) is 12.0. The highest BCUT2D eigenvalue weighted by atomic mass is 35.5. The summed E-state index contributed by atoms with van der Waals surface area (Å²) in [6.45, 7) is 1.85. The molecule has 0 aliphatic rings. The van der Waals surface area contributed by atoms with E-state index in [0.29, 0.717) is 33.5 Å². The SMILES string of the molecule is COc1ccc(/C=C/C(=O)Nc2cccc(Cl)c2C)c(OC)c1OC. The number of benzene rings is 2. The molecule has 1 amide bonds.